The fourth-order valence-corrected chi connectivity index (χ4v) is 2.23. The third kappa shape index (κ3) is 6.16. The van der Waals surface area contributed by atoms with Gasteiger partial charge in [-0.1, -0.05) is 6.07 Å². The molecule has 26 heavy (non-hydrogen) atoms. The maximum Gasteiger partial charge on any atom is 0.315 e. The number of ether oxygens (including phenoxy) is 3. The van der Waals surface area contributed by atoms with Gasteiger partial charge in [-0.05, 0) is 48.4 Å². The zero-order valence-electron chi connectivity index (χ0n) is 14.9. The molecule has 0 spiro atoms. The molecular weight excluding hydrogens is 339 g/mol. The average molecular weight is 362 g/mol. The van der Waals surface area contributed by atoms with E-state index in [-0.39, 0.29) is 11.8 Å². The van der Waals surface area contributed by atoms with Gasteiger partial charge < -0.3 is 24.8 Å². The van der Waals surface area contributed by atoms with E-state index >= 15 is 0 Å². The second kappa shape index (κ2) is 10.1. The van der Waals surface area contributed by atoms with Crippen molar-refractivity contribution < 1.29 is 23.4 Å². The van der Waals surface area contributed by atoms with E-state index in [1.807, 2.05) is 12.1 Å². The molecule has 2 rings (SSSR count). The number of rotatable bonds is 9. The largest absolute Gasteiger partial charge is 0.494 e. The van der Waals surface area contributed by atoms with Crippen LogP contribution in [0.5, 0.6) is 17.2 Å². The third-order valence-electron chi connectivity index (χ3n) is 3.59. The van der Waals surface area contributed by atoms with Crippen molar-refractivity contribution in [1.82, 2.24) is 10.6 Å². The molecule has 140 valence electrons. The van der Waals surface area contributed by atoms with Crippen molar-refractivity contribution in [3.63, 3.8) is 0 Å². The van der Waals surface area contributed by atoms with E-state index in [0.717, 1.165) is 5.56 Å². The minimum atomic E-state index is -0.301. The summed E-state index contributed by atoms with van der Waals surface area (Å²) in [5.74, 6) is 1.56. The van der Waals surface area contributed by atoms with Crippen LogP contribution in [0.25, 0.3) is 0 Å². The number of hydrogen-bond acceptors (Lipinski definition) is 4. The van der Waals surface area contributed by atoms with E-state index in [2.05, 4.69) is 10.6 Å². The minimum Gasteiger partial charge on any atom is -0.494 e. The first kappa shape index (κ1) is 19.4. The first-order chi connectivity index (χ1) is 12.6. The summed E-state index contributed by atoms with van der Waals surface area (Å²) in [6.07, 6.45) is 0.640. The SMILES string of the molecule is COc1ccc(CNC(=O)NCCCOc2ccc(F)cc2)cc1OC. The summed E-state index contributed by atoms with van der Waals surface area (Å²) in [5.41, 5.74) is 0.900. The summed E-state index contributed by atoms with van der Waals surface area (Å²) in [6, 6.07) is 11.0. The Labute approximate surface area is 152 Å². The van der Waals surface area contributed by atoms with Crippen LogP contribution in [0.4, 0.5) is 9.18 Å². The number of amides is 2. The Bertz CT molecular complexity index is 707. The summed E-state index contributed by atoms with van der Waals surface area (Å²) < 4.78 is 28.6. The van der Waals surface area contributed by atoms with Gasteiger partial charge in [0.15, 0.2) is 11.5 Å². The van der Waals surface area contributed by atoms with Crippen molar-refractivity contribution in [2.24, 2.45) is 0 Å². The lowest BCUT2D eigenvalue weighted by Crippen LogP contribution is -2.36. The van der Waals surface area contributed by atoms with Gasteiger partial charge in [-0.15, -0.1) is 0 Å². The fraction of sp³-hybridized carbons (Fsp3) is 0.316. The summed E-state index contributed by atoms with van der Waals surface area (Å²) in [6.45, 7) is 1.28. The van der Waals surface area contributed by atoms with Crippen molar-refractivity contribution in [3.05, 3.63) is 53.8 Å². The van der Waals surface area contributed by atoms with Crippen LogP contribution in [0, 0.1) is 5.82 Å². The van der Waals surface area contributed by atoms with Gasteiger partial charge in [0, 0.05) is 13.1 Å². The zero-order valence-corrected chi connectivity index (χ0v) is 14.9. The van der Waals surface area contributed by atoms with Crippen molar-refractivity contribution >= 4 is 6.03 Å². The van der Waals surface area contributed by atoms with Crippen LogP contribution in [0.1, 0.15) is 12.0 Å². The number of urea groups is 1. The molecule has 7 heteroatoms. The molecule has 2 aromatic rings. The molecule has 0 heterocycles. The predicted octanol–water partition coefficient (Wildman–Crippen LogP) is 3.11. The second-order valence-electron chi connectivity index (χ2n) is 5.45. The van der Waals surface area contributed by atoms with E-state index in [9.17, 15) is 9.18 Å². The van der Waals surface area contributed by atoms with Gasteiger partial charge >= 0.3 is 6.03 Å². The quantitative estimate of drug-likeness (QED) is 0.673. The highest BCUT2D eigenvalue weighted by Gasteiger charge is 2.06. The van der Waals surface area contributed by atoms with Crippen LogP contribution < -0.4 is 24.8 Å². The monoisotopic (exact) mass is 362 g/mol. The molecule has 0 aliphatic carbocycles. The Morgan fingerprint density at radius 1 is 1.00 bits per heavy atom. The number of hydrogen-bond donors (Lipinski definition) is 2. The second-order valence-corrected chi connectivity index (χ2v) is 5.45. The minimum absolute atomic E-state index is 0.262. The molecular formula is C19H23FN2O4. The zero-order chi connectivity index (χ0) is 18.8. The van der Waals surface area contributed by atoms with Crippen LogP contribution in [0.2, 0.25) is 0 Å². The predicted molar refractivity (Wildman–Crippen MR) is 96.3 cm³/mol. The van der Waals surface area contributed by atoms with Crippen LogP contribution in [0.15, 0.2) is 42.5 Å². The highest BCUT2D eigenvalue weighted by Crippen LogP contribution is 2.27. The topological polar surface area (TPSA) is 68.8 Å². The number of carbonyl (C=O) groups is 1. The molecule has 0 aliphatic heterocycles. The van der Waals surface area contributed by atoms with Crippen molar-refractivity contribution in [3.8, 4) is 17.2 Å². The van der Waals surface area contributed by atoms with E-state index in [0.29, 0.717) is 43.4 Å². The Morgan fingerprint density at radius 3 is 2.42 bits per heavy atom. The summed E-state index contributed by atoms with van der Waals surface area (Å²) in [7, 11) is 3.14. The van der Waals surface area contributed by atoms with Gasteiger partial charge in [0.1, 0.15) is 11.6 Å². The number of methoxy groups -OCH3 is 2. The van der Waals surface area contributed by atoms with E-state index in [4.69, 9.17) is 14.2 Å². The van der Waals surface area contributed by atoms with Crippen molar-refractivity contribution in [2.75, 3.05) is 27.4 Å². The van der Waals surface area contributed by atoms with Gasteiger partial charge in [0.25, 0.3) is 0 Å². The van der Waals surface area contributed by atoms with E-state index < -0.39 is 0 Å². The molecule has 6 nitrogen and oxygen atoms in total. The fourth-order valence-electron chi connectivity index (χ4n) is 2.23. The van der Waals surface area contributed by atoms with Crippen LogP contribution in [-0.4, -0.2) is 33.4 Å². The Morgan fingerprint density at radius 2 is 1.73 bits per heavy atom. The molecule has 0 saturated carbocycles. The Balaban J connectivity index is 1.63. The Hall–Kier alpha value is -2.96. The van der Waals surface area contributed by atoms with Crippen LogP contribution >= 0.6 is 0 Å². The third-order valence-corrected chi connectivity index (χ3v) is 3.59. The molecule has 0 aromatic heterocycles. The van der Waals surface area contributed by atoms with Gasteiger partial charge in [0.05, 0.1) is 20.8 Å². The lowest BCUT2D eigenvalue weighted by molar-refractivity contribution is 0.238. The van der Waals surface area contributed by atoms with Crippen molar-refractivity contribution in [1.29, 1.82) is 0 Å². The van der Waals surface area contributed by atoms with Gasteiger partial charge in [-0.25, -0.2) is 9.18 Å². The van der Waals surface area contributed by atoms with E-state index in [1.54, 1.807) is 32.4 Å². The van der Waals surface area contributed by atoms with Crippen molar-refractivity contribution in [2.45, 2.75) is 13.0 Å². The standard InChI is InChI=1S/C19H23FN2O4/c1-24-17-9-4-14(12-18(17)25-2)13-22-19(23)21-10-3-11-26-16-7-5-15(20)6-8-16/h4-9,12H,3,10-11,13H2,1-2H3,(H2,21,22,23). The summed E-state index contributed by atoms with van der Waals surface area (Å²) in [4.78, 5) is 11.8. The lowest BCUT2D eigenvalue weighted by atomic mass is 10.2. The normalized spacial score (nSPS) is 10.1. The molecule has 0 saturated heterocycles. The molecule has 0 bridgehead atoms. The van der Waals surface area contributed by atoms with E-state index in [1.165, 1.54) is 12.1 Å². The van der Waals surface area contributed by atoms with Gasteiger partial charge in [0.2, 0.25) is 0 Å². The maximum absolute atomic E-state index is 12.8. The van der Waals surface area contributed by atoms with Crippen LogP contribution in [-0.2, 0) is 6.54 Å². The molecule has 0 unspecified atom stereocenters. The summed E-state index contributed by atoms with van der Waals surface area (Å²) in [5, 5.41) is 5.53. The highest BCUT2D eigenvalue weighted by molar-refractivity contribution is 5.73. The maximum atomic E-state index is 12.8. The molecule has 2 aromatic carbocycles. The summed E-state index contributed by atoms with van der Waals surface area (Å²) >= 11 is 0. The molecule has 2 amide bonds. The first-order valence-corrected chi connectivity index (χ1v) is 8.23. The highest BCUT2D eigenvalue weighted by atomic mass is 19.1. The molecule has 0 aliphatic rings. The average Bonchev–Trinajstić information content (AvgIpc) is 2.67. The number of nitrogens with one attached hydrogen (secondary N) is 2. The number of halogens is 1. The lowest BCUT2D eigenvalue weighted by Gasteiger charge is -2.11. The van der Waals surface area contributed by atoms with Gasteiger partial charge in [-0.2, -0.15) is 0 Å². The molecule has 0 radical (unpaired) electrons. The van der Waals surface area contributed by atoms with Crippen LogP contribution in [0.3, 0.4) is 0 Å². The molecule has 0 fully saturated rings. The Kier molecular flexibility index (Phi) is 7.54. The number of benzene rings is 2. The first-order valence-electron chi connectivity index (χ1n) is 8.23. The smallest absolute Gasteiger partial charge is 0.315 e. The molecule has 2 N–H and O–H groups in total. The van der Waals surface area contributed by atoms with Gasteiger partial charge in [-0.3, -0.25) is 0 Å². The molecule has 0 atom stereocenters. The number of carbonyl (C=O) groups excluding carboxylic acids is 1.